The van der Waals surface area contributed by atoms with Gasteiger partial charge in [0.05, 0.1) is 6.42 Å². The maximum absolute atomic E-state index is 11.9. The number of rotatable bonds is 3. The third-order valence-corrected chi connectivity index (χ3v) is 3.03. The second-order valence-corrected chi connectivity index (χ2v) is 5.25. The third kappa shape index (κ3) is 4.27. The lowest BCUT2D eigenvalue weighted by atomic mass is 10.1. The van der Waals surface area contributed by atoms with E-state index in [1.165, 1.54) is 0 Å². The van der Waals surface area contributed by atoms with E-state index in [9.17, 15) is 4.79 Å². The smallest absolute Gasteiger partial charge is 0.228 e. The van der Waals surface area contributed by atoms with Crippen molar-refractivity contribution in [3.63, 3.8) is 0 Å². The standard InChI is InChI=1S/C15H13Cl2NO/c1-10-3-2-4-11(5-10)6-15(19)18-14-8-12(16)7-13(17)9-14/h2-5,7-9H,6H2,1H3,(H,18,19). The van der Waals surface area contributed by atoms with E-state index in [1.807, 2.05) is 31.2 Å². The molecule has 0 aliphatic carbocycles. The van der Waals surface area contributed by atoms with Crippen LogP contribution in [0, 0.1) is 6.92 Å². The molecule has 1 N–H and O–H groups in total. The van der Waals surface area contributed by atoms with E-state index in [-0.39, 0.29) is 5.91 Å². The molecule has 0 saturated heterocycles. The molecule has 1 amide bonds. The SMILES string of the molecule is Cc1cccc(CC(=O)Nc2cc(Cl)cc(Cl)c2)c1. The number of amides is 1. The van der Waals surface area contributed by atoms with Crippen molar-refractivity contribution < 1.29 is 4.79 Å². The molecule has 0 bridgehead atoms. The summed E-state index contributed by atoms with van der Waals surface area (Å²) < 4.78 is 0. The van der Waals surface area contributed by atoms with Crippen LogP contribution in [0.2, 0.25) is 10.0 Å². The van der Waals surface area contributed by atoms with Crippen LogP contribution >= 0.6 is 23.2 Å². The van der Waals surface area contributed by atoms with Crippen LogP contribution in [-0.4, -0.2) is 5.91 Å². The Kier molecular flexibility index (Phi) is 4.46. The molecule has 0 unspecified atom stereocenters. The van der Waals surface area contributed by atoms with Crippen LogP contribution in [0.5, 0.6) is 0 Å². The van der Waals surface area contributed by atoms with Crippen molar-refractivity contribution in [1.82, 2.24) is 0 Å². The van der Waals surface area contributed by atoms with Crippen LogP contribution in [0.15, 0.2) is 42.5 Å². The van der Waals surface area contributed by atoms with E-state index < -0.39 is 0 Å². The molecule has 19 heavy (non-hydrogen) atoms. The highest BCUT2D eigenvalue weighted by molar-refractivity contribution is 6.35. The molecule has 0 aromatic heterocycles. The van der Waals surface area contributed by atoms with Gasteiger partial charge >= 0.3 is 0 Å². The molecular weight excluding hydrogens is 281 g/mol. The predicted molar refractivity (Wildman–Crippen MR) is 80.0 cm³/mol. The number of carbonyl (C=O) groups excluding carboxylic acids is 1. The van der Waals surface area contributed by atoms with Gasteiger partial charge in [0.2, 0.25) is 5.91 Å². The lowest BCUT2D eigenvalue weighted by molar-refractivity contribution is -0.115. The maximum atomic E-state index is 11.9. The van der Waals surface area contributed by atoms with E-state index in [4.69, 9.17) is 23.2 Å². The van der Waals surface area contributed by atoms with Crippen molar-refractivity contribution in [2.24, 2.45) is 0 Å². The zero-order valence-corrected chi connectivity index (χ0v) is 11.9. The minimum absolute atomic E-state index is 0.0936. The zero-order chi connectivity index (χ0) is 13.8. The molecule has 0 radical (unpaired) electrons. The number of halogens is 2. The molecular formula is C15H13Cl2NO. The van der Waals surface area contributed by atoms with Crippen molar-refractivity contribution in [1.29, 1.82) is 0 Å². The first-order valence-electron chi connectivity index (χ1n) is 5.84. The summed E-state index contributed by atoms with van der Waals surface area (Å²) in [5, 5.41) is 3.78. The van der Waals surface area contributed by atoms with E-state index in [0.29, 0.717) is 22.2 Å². The average Bonchev–Trinajstić information content (AvgIpc) is 2.26. The quantitative estimate of drug-likeness (QED) is 0.888. The van der Waals surface area contributed by atoms with E-state index in [0.717, 1.165) is 11.1 Å². The Balaban J connectivity index is 2.05. The monoisotopic (exact) mass is 293 g/mol. The Morgan fingerprint density at radius 2 is 1.79 bits per heavy atom. The molecule has 2 nitrogen and oxygen atoms in total. The number of nitrogens with one attached hydrogen (secondary N) is 1. The number of hydrogen-bond acceptors (Lipinski definition) is 1. The van der Waals surface area contributed by atoms with Gasteiger partial charge in [0.1, 0.15) is 0 Å². The molecule has 0 fully saturated rings. The maximum Gasteiger partial charge on any atom is 0.228 e. The molecule has 2 aromatic rings. The summed E-state index contributed by atoms with van der Waals surface area (Å²) in [6, 6.07) is 12.8. The van der Waals surface area contributed by atoms with Crippen LogP contribution < -0.4 is 5.32 Å². The van der Waals surface area contributed by atoms with Gasteiger partial charge in [0, 0.05) is 15.7 Å². The summed E-state index contributed by atoms with van der Waals surface area (Å²) in [6.07, 6.45) is 0.325. The Morgan fingerprint density at radius 1 is 1.11 bits per heavy atom. The van der Waals surface area contributed by atoms with Gasteiger partial charge in [-0.3, -0.25) is 4.79 Å². The number of anilines is 1. The first-order valence-corrected chi connectivity index (χ1v) is 6.60. The molecule has 0 spiro atoms. The molecule has 0 saturated carbocycles. The van der Waals surface area contributed by atoms with Crippen LogP contribution in [0.3, 0.4) is 0 Å². The minimum atomic E-state index is -0.0936. The number of aryl methyl sites for hydroxylation is 1. The van der Waals surface area contributed by atoms with Gasteiger partial charge in [-0.25, -0.2) is 0 Å². The van der Waals surface area contributed by atoms with E-state index in [1.54, 1.807) is 18.2 Å². The second kappa shape index (κ2) is 6.09. The van der Waals surface area contributed by atoms with Gasteiger partial charge in [0.15, 0.2) is 0 Å². The van der Waals surface area contributed by atoms with Gasteiger partial charge in [0.25, 0.3) is 0 Å². The summed E-state index contributed by atoms with van der Waals surface area (Å²) in [6.45, 7) is 2.00. The molecule has 0 aliphatic heterocycles. The summed E-state index contributed by atoms with van der Waals surface area (Å²) in [4.78, 5) is 11.9. The lowest BCUT2D eigenvalue weighted by Crippen LogP contribution is -2.14. The fraction of sp³-hybridized carbons (Fsp3) is 0.133. The van der Waals surface area contributed by atoms with Crippen LogP contribution in [-0.2, 0) is 11.2 Å². The van der Waals surface area contributed by atoms with Gasteiger partial charge in [-0.2, -0.15) is 0 Å². The highest BCUT2D eigenvalue weighted by atomic mass is 35.5. The van der Waals surface area contributed by atoms with Crippen molar-refractivity contribution >= 4 is 34.8 Å². The van der Waals surface area contributed by atoms with Crippen molar-refractivity contribution in [3.8, 4) is 0 Å². The fourth-order valence-corrected chi connectivity index (χ4v) is 2.36. The molecule has 4 heteroatoms. The Hall–Kier alpha value is -1.51. The van der Waals surface area contributed by atoms with Gasteiger partial charge in [-0.05, 0) is 30.7 Å². The normalized spacial score (nSPS) is 10.3. The van der Waals surface area contributed by atoms with Crippen LogP contribution in [0.25, 0.3) is 0 Å². The summed E-state index contributed by atoms with van der Waals surface area (Å²) >= 11 is 11.8. The lowest BCUT2D eigenvalue weighted by Gasteiger charge is -2.07. The van der Waals surface area contributed by atoms with Crippen molar-refractivity contribution in [2.75, 3.05) is 5.32 Å². The zero-order valence-electron chi connectivity index (χ0n) is 10.4. The van der Waals surface area contributed by atoms with Crippen molar-refractivity contribution in [3.05, 3.63) is 63.6 Å². The number of carbonyl (C=O) groups is 1. The molecule has 0 atom stereocenters. The number of hydrogen-bond donors (Lipinski definition) is 1. The first kappa shape index (κ1) is 13.9. The van der Waals surface area contributed by atoms with E-state index >= 15 is 0 Å². The summed E-state index contributed by atoms with van der Waals surface area (Å²) in [7, 11) is 0. The molecule has 2 rings (SSSR count). The number of benzene rings is 2. The largest absolute Gasteiger partial charge is 0.326 e. The molecule has 2 aromatic carbocycles. The highest BCUT2D eigenvalue weighted by Crippen LogP contribution is 2.22. The van der Waals surface area contributed by atoms with Crippen molar-refractivity contribution in [2.45, 2.75) is 13.3 Å². The predicted octanol–water partition coefficient (Wildman–Crippen LogP) is 4.48. The molecule has 0 heterocycles. The van der Waals surface area contributed by atoms with Gasteiger partial charge < -0.3 is 5.32 Å². The van der Waals surface area contributed by atoms with Crippen LogP contribution in [0.1, 0.15) is 11.1 Å². The highest BCUT2D eigenvalue weighted by Gasteiger charge is 2.05. The Bertz CT molecular complexity index is 591. The summed E-state index contributed by atoms with van der Waals surface area (Å²) in [5.41, 5.74) is 2.72. The fourth-order valence-electron chi connectivity index (χ4n) is 1.84. The summed E-state index contributed by atoms with van der Waals surface area (Å²) in [5.74, 6) is -0.0936. The average molecular weight is 294 g/mol. The first-order chi connectivity index (χ1) is 9.02. The van der Waals surface area contributed by atoms with Gasteiger partial charge in [-0.15, -0.1) is 0 Å². The minimum Gasteiger partial charge on any atom is -0.326 e. The molecule has 98 valence electrons. The topological polar surface area (TPSA) is 29.1 Å². The van der Waals surface area contributed by atoms with Crippen LogP contribution in [0.4, 0.5) is 5.69 Å². The third-order valence-electron chi connectivity index (χ3n) is 2.59. The van der Waals surface area contributed by atoms with E-state index in [2.05, 4.69) is 5.32 Å². The molecule has 0 aliphatic rings. The second-order valence-electron chi connectivity index (χ2n) is 4.37. The van der Waals surface area contributed by atoms with Gasteiger partial charge in [-0.1, -0.05) is 53.0 Å². The Labute approximate surface area is 122 Å². The Morgan fingerprint density at radius 3 is 2.42 bits per heavy atom.